The first kappa shape index (κ1) is 35.5. The summed E-state index contributed by atoms with van der Waals surface area (Å²) in [5.74, 6) is 0. The van der Waals surface area contributed by atoms with Gasteiger partial charge in [0.05, 0.1) is 5.69 Å². The van der Waals surface area contributed by atoms with Crippen LogP contribution in [0.3, 0.4) is 0 Å². The molecule has 59 heavy (non-hydrogen) atoms. The van der Waals surface area contributed by atoms with Gasteiger partial charge in [-0.15, -0.1) is 22.7 Å². The van der Waals surface area contributed by atoms with Gasteiger partial charge < -0.3 is 9.80 Å². The Hall–Kier alpha value is -6.69. The van der Waals surface area contributed by atoms with Crippen LogP contribution < -0.4 is 9.80 Å². The molecule has 0 atom stereocenters. The van der Waals surface area contributed by atoms with Crippen LogP contribution in [0.25, 0.3) is 62.6 Å². The lowest BCUT2D eigenvalue weighted by atomic mass is 10.0. The van der Waals surface area contributed by atoms with Crippen molar-refractivity contribution in [1.29, 1.82) is 0 Å². The molecule has 11 rings (SSSR count). The van der Waals surface area contributed by atoms with Gasteiger partial charge in [-0.3, -0.25) is 0 Å². The van der Waals surface area contributed by atoms with E-state index in [1.54, 1.807) is 11.3 Å². The molecule has 2 heterocycles. The van der Waals surface area contributed by atoms with Crippen molar-refractivity contribution in [2.75, 3.05) is 9.80 Å². The van der Waals surface area contributed by atoms with Gasteiger partial charge in [0.25, 0.3) is 0 Å². The van der Waals surface area contributed by atoms with E-state index in [1.165, 1.54) is 57.9 Å². The number of benzene rings is 9. The minimum Gasteiger partial charge on any atom is -0.310 e. The zero-order chi connectivity index (χ0) is 39.3. The van der Waals surface area contributed by atoms with Crippen molar-refractivity contribution < 1.29 is 0 Å². The smallest absolute Gasteiger partial charge is 0.0569 e. The second kappa shape index (κ2) is 14.9. The highest BCUT2D eigenvalue weighted by Crippen LogP contribution is 2.49. The summed E-state index contributed by atoms with van der Waals surface area (Å²) in [6, 6.07) is 76.3. The molecule has 0 spiro atoms. The molecule has 2 aromatic heterocycles. The minimum absolute atomic E-state index is 0.702. The van der Waals surface area contributed by atoms with E-state index in [0.29, 0.717) is 5.02 Å². The average Bonchev–Trinajstić information content (AvgIpc) is 3.86. The third-order valence-electron chi connectivity index (χ3n) is 11.1. The molecule has 0 amide bonds. The van der Waals surface area contributed by atoms with E-state index in [-0.39, 0.29) is 0 Å². The van der Waals surface area contributed by atoms with Crippen molar-refractivity contribution in [2.24, 2.45) is 0 Å². The Bertz CT molecular complexity index is 3180. The molecular formula is C54H35ClN2S2. The van der Waals surface area contributed by atoms with Crippen molar-refractivity contribution >= 4 is 109 Å². The highest BCUT2D eigenvalue weighted by Gasteiger charge is 2.22. The summed E-state index contributed by atoms with van der Waals surface area (Å²) in [5, 5.41) is 5.62. The quantitative estimate of drug-likeness (QED) is 0.151. The van der Waals surface area contributed by atoms with Gasteiger partial charge in [0.15, 0.2) is 0 Å². The molecule has 0 saturated heterocycles. The first-order valence-electron chi connectivity index (χ1n) is 19.7. The number of halogens is 1. The Kier molecular flexibility index (Phi) is 8.97. The highest BCUT2D eigenvalue weighted by atomic mass is 35.5. The van der Waals surface area contributed by atoms with Crippen LogP contribution in [0.4, 0.5) is 34.1 Å². The standard InChI is InChI=1S/C54H35ClN2S2/c55-40-32-49(57(42-24-20-38(21-25-42)36-12-4-1-5-13-36)43-26-22-39(23-27-43)37-14-6-2-7-15-37)54-48-35-45(29-31-52(48)59-53(54)33-40)56(41-16-8-3-9-17-41)44-28-30-51-47(34-44)46-18-10-11-19-50(46)58-51/h1-35H. The molecule has 0 bridgehead atoms. The fraction of sp³-hybridized carbons (Fsp3) is 0. The van der Waals surface area contributed by atoms with Gasteiger partial charge in [-0.25, -0.2) is 0 Å². The van der Waals surface area contributed by atoms with Gasteiger partial charge >= 0.3 is 0 Å². The summed E-state index contributed by atoms with van der Waals surface area (Å²) >= 11 is 10.7. The van der Waals surface area contributed by atoms with Gasteiger partial charge in [0.2, 0.25) is 0 Å². The van der Waals surface area contributed by atoms with Crippen LogP contribution in [0.1, 0.15) is 0 Å². The van der Waals surface area contributed by atoms with Crippen molar-refractivity contribution in [3.05, 3.63) is 217 Å². The Morgan fingerprint density at radius 2 is 0.746 bits per heavy atom. The lowest BCUT2D eigenvalue weighted by molar-refractivity contribution is 1.29. The summed E-state index contributed by atoms with van der Waals surface area (Å²) < 4.78 is 4.94. The molecule has 0 aliphatic rings. The molecule has 0 unspecified atom stereocenters. The predicted molar refractivity (Wildman–Crippen MR) is 257 cm³/mol. The van der Waals surface area contributed by atoms with E-state index in [4.69, 9.17) is 11.6 Å². The number of rotatable bonds is 8. The molecule has 2 nitrogen and oxygen atoms in total. The van der Waals surface area contributed by atoms with Crippen LogP contribution in [0.5, 0.6) is 0 Å². The monoisotopic (exact) mass is 810 g/mol. The van der Waals surface area contributed by atoms with E-state index in [0.717, 1.165) is 38.8 Å². The SMILES string of the molecule is Clc1cc(N(c2ccc(-c3ccccc3)cc2)c2ccc(-c3ccccc3)cc2)c2c(c1)sc1ccc(N(c3ccccc3)c3ccc4sc5ccccc5c4c3)cc12. The molecule has 0 aliphatic heterocycles. The zero-order valence-corrected chi connectivity index (χ0v) is 34.2. The lowest BCUT2D eigenvalue weighted by Crippen LogP contribution is -2.11. The number of para-hydroxylation sites is 1. The maximum absolute atomic E-state index is 7.08. The summed E-state index contributed by atoms with van der Waals surface area (Å²) in [4.78, 5) is 4.74. The summed E-state index contributed by atoms with van der Waals surface area (Å²) in [7, 11) is 0. The normalized spacial score (nSPS) is 11.5. The molecular weight excluding hydrogens is 776 g/mol. The molecule has 11 aromatic rings. The average molecular weight is 811 g/mol. The van der Waals surface area contributed by atoms with Gasteiger partial charge in [0, 0.05) is 73.8 Å². The third kappa shape index (κ3) is 6.52. The molecule has 0 aliphatic carbocycles. The topological polar surface area (TPSA) is 6.48 Å². The van der Waals surface area contributed by atoms with Gasteiger partial charge in [-0.05, 0) is 113 Å². The second-order valence-electron chi connectivity index (χ2n) is 14.7. The van der Waals surface area contributed by atoms with Crippen molar-refractivity contribution in [3.63, 3.8) is 0 Å². The van der Waals surface area contributed by atoms with E-state index >= 15 is 0 Å². The zero-order valence-electron chi connectivity index (χ0n) is 31.8. The first-order valence-corrected chi connectivity index (χ1v) is 21.7. The minimum atomic E-state index is 0.702. The van der Waals surface area contributed by atoms with Crippen molar-refractivity contribution in [1.82, 2.24) is 0 Å². The van der Waals surface area contributed by atoms with E-state index in [2.05, 4.69) is 222 Å². The van der Waals surface area contributed by atoms with Crippen LogP contribution in [0.2, 0.25) is 5.02 Å². The molecule has 0 radical (unpaired) electrons. The Balaban J connectivity index is 1.10. The van der Waals surface area contributed by atoms with E-state index < -0.39 is 0 Å². The third-order valence-corrected chi connectivity index (χ3v) is 13.6. The Labute approximate surface area is 356 Å². The van der Waals surface area contributed by atoms with Crippen LogP contribution in [0, 0.1) is 0 Å². The van der Waals surface area contributed by atoms with E-state index in [9.17, 15) is 0 Å². The highest BCUT2D eigenvalue weighted by molar-refractivity contribution is 7.26. The Morgan fingerprint density at radius 3 is 1.36 bits per heavy atom. The lowest BCUT2D eigenvalue weighted by Gasteiger charge is -2.28. The van der Waals surface area contributed by atoms with E-state index in [1.807, 2.05) is 11.3 Å². The maximum atomic E-state index is 7.08. The predicted octanol–water partition coefficient (Wildman–Crippen LogP) is 17.3. The molecule has 0 N–H and O–H groups in total. The fourth-order valence-electron chi connectivity index (χ4n) is 8.33. The van der Waals surface area contributed by atoms with Gasteiger partial charge in [-0.2, -0.15) is 0 Å². The van der Waals surface area contributed by atoms with Crippen molar-refractivity contribution in [3.8, 4) is 22.3 Å². The number of nitrogens with zero attached hydrogens (tertiary/aromatic N) is 2. The molecule has 9 aromatic carbocycles. The number of anilines is 6. The summed E-state index contributed by atoms with van der Waals surface area (Å²) in [6.07, 6.45) is 0. The van der Waals surface area contributed by atoms with Crippen LogP contribution in [0.15, 0.2) is 212 Å². The number of thiophene rings is 2. The number of hydrogen-bond donors (Lipinski definition) is 0. The Morgan fingerprint density at radius 1 is 0.305 bits per heavy atom. The van der Waals surface area contributed by atoms with Crippen LogP contribution in [-0.4, -0.2) is 0 Å². The molecule has 0 saturated carbocycles. The maximum Gasteiger partial charge on any atom is 0.0569 e. The molecule has 0 fully saturated rings. The van der Waals surface area contributed by atoms with Gasteiger partial charge in [-0.1, -0.05) is 133 Å². The second-order valence-corrected chi connectivity index (χ2v) is 17.3. The fourth-order valence-corrected chi connectivity index (χ4v) is 10.8. The van der Waals surface area contributed by atoms with Crippen molar-refractivity contribution in [2.45, 2.75) is 0 Å². The number of fused-ring (bicyclic) bond motifs is 6. The summed E-state index contributed by atoms with van der Waals surface area (Å²) in [6.45, 7) is 0. The van der Waals surface area contributed by atoms with Crippen LogP contribution >= 0.6 is 34.3 Å². The summed E-state index contributed by atoms with van der Waals surface area (Å²) in [5.41, 5.74) is 11.2. The largest absolute Gasteiger partial charge is 0.310 e. The molecule has 5 heteroatoms. The first-order chi connectivity index (χ1) is 29.1. The van der Waals surface area contributed by atoms with Crippen LogP contribution in [-0.2, 0) is 0 Å². The van der Waals surface area contributed by atoms with Gasteiger partial charge in [0.1, 0.15) is 0 Å². The number of hydrogen-bond acceptors (Lipinski definition) is 4. The molecule has 280 valence electrons.